The summed E-state index contributed by atoms with van der Waals surface area (Å²) in [6.45, 7) is 0. The Morgan fingerprint density at radius 2 is 2.06 bits per heavy atom. The summed E-state index contributed by atoms with van der Waals surface area (Å²) in [6, 6.07) is 0.0718. The Balaban J connectivity index is 2.35. The molecule has 1 fully saturated rings. The van der Waals surface area contributed by atoms with Crippen LogP contribution in [0.2, 0.25) is 0 Å². The number of hydrogen-bond acceptors (Lipinski definition) is 6. The summed E-state index contributed by atoms with van der Waals surface area (Å²) in [5.74, 6) is -0.143. The average molecular weight is 255 g/mol. The van der Waals surface area contributed by atoms with Crippen molar-refractivity contribution in [1.29, 1.82) is 0 Å². The standard InChI is InChI=1S/C11H13NO4S/c1-15-10(13)6-5-8-7(3-4-17-8)12-9(6)11(14)16-2/h5,7-8H,3-4H2,1-2H3. The molecule has 0 saturated carbocycles. The van der Waals surface area contributed by atoms with Crippen LogP contribution in [0.5, 0.6) is 0 Å². The molecule has 0 bridgehead atoms. The second kappa shape index (κ2) is 4.91. The minimum Gasteiger partial charge on any atom is -0.465 e. The number of thioether (sulfide) groups is 1. The van der Waals surface area contributed by atoms with Gasteiger partial charge in [-0.3, -0.25) is 4.99 Å². The zero-order valence-corrected chi connectivity index (χ0v) is 10.5. The molecule has 2 aliphatic heterocycles. The predicted octanol–water partition coefficient (Wildman–Crippen LogP) is 0.587. The van der Waals surface area contributed by atoms with Crippen LogP contribution in [-0.2, 0) is 19.1 Å². The highest BCUT2D eigenvalue weighted by Crippen LogP contribution is 2.34. The molecule has 5 nitrogen and oxygen atoms in total. The molecule has 6 heteroatoms. The summed E-state index contributed by atoms with van der Waals surface area (Å²) in [5.41, 5.74) is 0.304. The fourth-order valence-corrected chi connectivity index (χ4v) is 3.21. The minimum atomic E-state index is -0.586. The van der Waals surface area contributed by atoms with Crippen LogP contribution in [0.4, 0.5) is 0 Å². The molecule has 0 amide bonds. The smallest absolute Gasteiger partial charge is 0.357 e. The first kappa shape index (κ1) is 12.2. The first-order valence-electron chi connectivity index (χ1n) is 5.25. The summed E-state index contributed by atoms with van der Waals surface area (Å²) >= 11 is 1.74. The van der Waals surface area contributed by atoms with E-state index in [4.69, 9.17) is 0 Å². The van der Waals surface area contributed by atoms with Gasteiger partial charge in [0.05, 0.1) is 25.8 Å². The Hall–Kier alpha value is -1.30. The lowest BCUT2D eigenvalue weighted by Gasteiger charge is -2.20. The first-order chi connectivity index (χ1) is 8.17. The molecule has 0 N–H and O–H groups in total. The molecular formula is C11H13NO4S. The van der Waals surface area contributed by atoms with Crippen molar-refractivity contribution in [3.8, 4) is 0 Å². The van der Waals surface area contributed by atoms with Gasteiger partial charge in [0.25, 0.3) is 0 Å². The molecule has 1 saturated heterocycles. The van der Waals surface area contributed by atoms with E-state index in [0.29, 0.717) is 0 Å². The number of fused-ring (bicyclic) bond motifs is 1. The molecule has 2 unspecified atom stereocenters. The van der Waals surface area contributed by atoms with Gasteiger partial charge in [0, 0.05) is 5.25 Å². The number of carbonyl (C=O) groups is 2. The third-order valence-electron chi connectivity index (χ3n) is 2.77. The van der Waals surface area contributed by atoms with Crippen molar-refractivity contribution >= 4 is 29.4 Å². The maximum Gasteiger partial charge on any atom is 0.357 e. The van der Waals surface area contributed by atoms with E-state index in [1.807, 2.05) is 0 Å². The lowest BCUT2D eigenvalue weighted by Crippen LogP contribution is -2.32. The number of dihydropyridines is 1. The Kier molecular flexibility index (Phi) is 3.51. The molecule has 92 valence electrons. The van der Waals surface area contributed by atoms with Crippen molar-refractivity contribution in [1.82, 2.24) is 0 Å². The molecule has 0 aromatic heterocycles. The lowest BCUT2D eigenvalue weighted by molar-refractivity contribution is -0.137. The van der Waals surface area contributed by atoms with Crippen molar-refractivity contribution in [2.45, 2.75) is 17.7 Å². The van der Waals surface area contributed by atoms with E-state index in [-0.39, 0.29) is 22.6 Å². The summed E-state index contributed by atoms with van der Waals surface area (Å²) < 4.78 is 9.30. The zero-order chi connectivity index (χ0) is 12.4. The van der Waals surface area contributed by atoms with E-state index in [0.717, 1.165) is 12.2 Å². The van der Waals surface area contributed by atoms with E-state index < -0.39 is 11.9 Å². The van der Waals surface area contributed by atoms with Gasteiger partial charge in [-0.05, 0) is 12.2 Å². The highest BCUT2D eigenvalue weighted by Gasteiger charge is 2.36. The Morgan fingerprint density at radius 3 is 2.71 bits per heavy atom. The number of aliphatic imine (C=N–C) groups is 1. The maximum atomic E-state index is 11.6. The van der Waals surface area contributed by atoms with Gasteiger partial charge in [-0.15, -0.1) is 0 Å². The van der Waals surface area contributed by atoms with Crippen molar-refractivity contribution < 1.29 is 19.1 Å². The molecular weight excluding hydrogens is 242 g/mol. The lowest BCUT2D eigenvalue weighted by atomic mass is 10.0. The van der Waals surface area contributed by atoms with E-state index in [1.54, 1.807) is 17.8 Å². The molecule has 2 atom stereocenters. The number of hydrogen-bond donors (Lipinski definition) is 0. The second-order valence-corrected chi connectivity index (χ2v) is 5.02. The van der Waals surface area contributed by atoms with E-state index in [2.05, 4.69) is 14.5 Å². The summed E-state index contributed by atoms with van der Waals surface area (Å²) in [7, 11) is 2.56. The second-order valence-electron chi connectivity index (χ2n) is 3.73. The summed E-state index contributed by atoms with van der Waals surface area (Å²) in [5, 5.41) is 0.164. The highest BCUT2D eigenvalue weighted by molar-refractivity contribution is 8.00. The topological polar surface area (TPSA) is 65.0 Å². The molecule has 17 heavy (non-hydrogen) atoms. The van der Waals surface area contributed by atoms with Gasteiger partial charge >= 0.3 is 11.9 Å². The zero-order valence-electron chi connectivity index (χ0n) is 9.63. The number of carbonyl (C=O) groups excluding carboxylic acids is 2. The molecule has 0 aromatic carbocycles. The highest BCUT2D eigenvalue weighted by atomic mass is 32.2. The molecule has 0 aromatic rings. The van der Waals surface area contributed by atoms with Gasteiger partial charge in [0.1, 0.15) is 0 Å². The van der Waals surface area contributed by atoms with Crippen LogP contribution < -0.4 is 0 Å². The maximum absolute atomic E-state index is 11.6. The molecule has 2 heterocycles. The van der Waals surface area contributed by atoms with Crippen molar-refractivity contribution in [3.63, 3.8) is 0 Å². The average Bonchev–Trinajstić information content (AvgIpc) is 2.82. The molecule has 0 aliphatic carbocycles. The number of ether oxygens (including phenoxy) is 2. The third kappa shape index (κ3) is 2.22. The Labute approximate surface area is 103 Å². The first-order valence-corrected chi connectivity index (χ1v) is 6.30. The molecule has 0 spiro atoms. The van der Waals surface area contributed by atoms with Crippen LogP contribution in [-0.4, -0.2) is 48.9 Å². The molecule has 2 aliphatic rings. The van der Waals surface area contributed by atoms with Crippen molar-refractivity contribution in [2.75, 3.05) is 20.0 Å². The van der Waals surface area contributed by atoms with E-state index >= 15 is 0 Å². The fourth-order valence-electron chi connectivity index (χ4n) is 1.91. The van der Waals surface area contributed by atoms with Gasteiger partial charge in [-0.1, -0.05) is 6.08 Å². The van der Waals surface area contributed by atoms with E-state index in [1.165, 1.54) is 14.2 Å². The van der Waals surface area contributed by atoms with E-state index in [9.17, 15) is 9.59 Å². The van der Waals surface area contributed by atoms with Gasteiger partial charge in [0.2, 0.25) is 0 Å². The number of methoxy groups -OCH3 is 2. The van der Waals surface area contributed by atoms with Gasteiger partial charge in [0.15, 0.2) is 5.71 Å². The predicted molar refractivity (Wildman–Crippen MR) is 64.2 cm³/mol. The SMILES string of the molecule is COC(=O)C1=CC2SCCC2N=C1C(=O)OC. The van der Waals surface area contributed by atoms with Crippen molar-refractivity contribution in [2.24, 2.45) is 4.99 Å². The van der Waals surface area contributed by atoms with Gasteiger partial charge < -0.3 is 9.47 Å². The largest absolute Gasteiger partial charge is 0.465 e. The van der Waals surface area contributed by atoms with Crippen LogP contribution in [0.25, 0.3) is 0 Å². The molecule has 2 rings (SSSR count). The third-order valence-corrected chi connectivity index (χ3v) is 4.07. The fraction of sp³-hybridized carbons (Fsp3) is 0.545. The van der Waals surface area contributed by atoms with Crippen LogP contribution in [0, 0.1) is 0 Å². The Morgan fingerprint density at radius 1 is 1.35 bits per heavy atom. The number of nitrogens with zero attached hydrogens (tertiary/aromatic N) is 1. The van der Waals surface area contributed by atoms with Crippen LogP contribution in [0.15, 0.2) is 16.6 Å². The summed E-state index contributed by atoms with van der Waals surface area (Å²) in [4.78, 5) is 27.5. The normalized spacial score (nSPS) is 26.7. The molecule has 0 radical (unpaired) electrons. The van der Waals surface area contributed by atoms with Crippen LogP contribution in [0.3, 0.4) is 0 Å². The summed E-state index contributed by atoms with van der Waals surface area (Å²) in [6.07, 6.45) is 2.69. The number of rotatable bonds is 2. The number of esters is 2. The van der Waals surface area contributed by atoms with Gasteiger partial charge in [-0.25, -0.2) is 9.59 Å². The Bertz CT molecular complexity index is 378. The van der Waals surface area contributed by atoms with Crippen LogP contribution in [0.1, 0.15) is 6.42 Å². The van der Waals surface area contributed by atoms with Crippen LogP contribution >= 0.6 is 11.8 Å². The quantitative estimate of drug-likeness (QED) is 0.676. The van der Waals surface area contributed by atoms with Crippen molar-refractivity contribution in [3.05, 3.63) is 11.6 Å². The van der Waals surface area contributed by atoms with Gasteiger partial charge in [-0.2, -0.15) is 11.8 Å². The monoisotopic (exact) mass is 255 g/mol. The minimum absolute atomic E-state index is 0.0718.